The van der Waals surface area contributed by atoms with Crippen LogP contribution in [-0.2, 0) is 15.6 Å². The molecule has 142 valence electrons. The summed E-state index contributed by atoms with van der Waals surface area (Å²) < 4.78 is 25.1. The van der Waals surface area contributed by atoms with Crippen molar-refractivity contribution in [1.29, 1.82) is 0 Å². The fraction of sp³-hybridized carbons (Fsp3) is 0.263. The van der Waals surface area contributed by atoms with Crippen LogP contribution >= 0.6 is 11.8 Å². The van der Waals surface area contributed by atoms with Crippen LogP contribution in [0.25, 0.3) is 5.65 Å². The summed E-state index contributed by atoms with van der Waals surface area (Å²) in [5, 5.41) is 2.70. The first-order valence-corrected chi connectivity index (χ1v) is 11.4. The average Bonchev–Trinajstić information content (AvgIpc) is 3.09. The van der Waals surface area contributed by atoms with Gasteiger partial charge in [-0.3, -0.25) is 4.79 Å². The molecule has 1 N–H and O–H groups in total. The van der Waals surface area contributed by atoms with Crippen molar-refractivity contribution in [3.8, 4) is 0 Å². The van der Waals surface area contributed by atoms with E-state index in [-0.39, 0.29) is 24.0 Å². The Labute approximate surface area is 162 Å². The van der Waals surface area contributed by atoms with E-state index in [1.54, 1.807) is 19.1 Å². The summed E-state index contributed by atoms with van der Waals surface area (Å²) in [5.41, 5.74) is 2.35. The van der Waals surface area contributed by atoms with Gasteiger partial charge in [0.1, 0.15) is 5.65 Å². The smallest absolute Gasteiger partial charge is 0.252 e. The summed E-state index contributed by atoms with van der Waals surface area (Å²) in [4.78, 5) is 17.9. The number of thioether (sulfide) groups is 1. The molecule has 0 spiro atoms. The fourth-order valence-corrected chi connectivity index (χ4v) is 4.18. The number of benzene rings is 1. The maximum atomic E-state index is 12.5. The number of hydrogen-bond acceptors (Lipinski definition) is 5. The van der Waals surface area contributed by atoms with Gasteiger partial charge in [0.25, 0.3) is 5.91 Å². The first-order chi connectivity index (χ1) is 13.0. The first kappa shape index (κ1) is 19.4. The molecule has 0 fully saturated rings. The lowest BCUT2D eigenvalue weighted by Crippen LogP contribution is -2.29. The van der Waals surface area contributed by atoms with Crippen LogP contribution in [-0.4, -0.2) is 41.8 Å². The Morgan fingerprint density at radius 3 is 2.74 bits per heavy atom. The highest BCUT2D eigenvalue weighted by Crippen LogP contribution is 2.26. The highest BCUT2D eigenvalue weighted by molar-refractivity contribution is 7.98. The third-order valence-corrected chi connectivity index (χ3v) is 6.87. The summed E-state index contributed by atoms with van der Waals surface area (Å²) in [5.74, 6) is 0.399. The number of carbonyl (C=O) groups excluding carboxylic acids is 1. The minimum Gasteiger partial charge on any atom is -0.351 e. The predicted molar refractivity (Wildman–Crippen MR) is 108 cm³/mol. The van der Waals surface area contributed by atoms with E-state index in [9.17, 15) is 13.2 Å². The molecule has 0 aliphatic rings. The van der Waals surface area contributed by atoms with Crippen molar-refractivity contribution >= 4 is 33.2 Å². The largest absolute Gasteiger partial charge is 0.351 e. The summed E-state index contributed by atoms with van der Waals surface area (Å²) >= 11 is 1.53. The van der Waals surface area contributed by atoms with Crippen molar-refractivity contribution in [3.05, 3.63) is 66.1 Å². The van der Waals surface area contributed by atoms with Crippen LogP contribution in [0, 0.1) is 0 Å². The maximum absolute atomic E-state index is 12.5. The molecule has 6 nitrogen and oxygen atoms in total. The lowest BCUT2D eigenvalue weighted by molar-refractivity contribution is 0.0953. The maximum Gasteiger partial charge on any atom is 0.252 e. The molecule has 0 saturated heterocycles. The Kier molecular flexibility index (Phi) is 6.18. The third-order valence-electron chi connectivity index (χ3n) is 4.06. The molecule has 0 bridgehead atoms. The average molecular weight is 404 g/mol. The number of carbonyl (C=O) groups is 1. The van der Waals surface area contributed by atoms with Crippen molar-refractivity contribution in [2.45, 2.75) is 17.6 Å². The number of rotatable bonds is 8. The minimum atomic E-state index is -3.10. The van der Waals surface area contributed by atoms with Crippen LogP contribution in [0.5, 0.6) is 0 Å². The van der Waals surface area contributed by atoms with Gasteiger partial charge in [0.05, 0.1) is 17.0 Å². The van der Waals surface area contributed by atoms with Crippen LogP contribution in [0.2, 0.25) is 0 Å². The zero-order valence-corrected chi connectivity index (χ0v) is 16.6. The van der Waals surface area contributed by atoms with E-state index in [0.29, 0.717) is 11.3 Å². The van der Waals surface area contributed by atoms with Crippen molar-refractivity contribution in [2.24, 2.45) is 0 Å². The molecular formula is C19H21N3O3S2. The molecule has 8 heteroatoms. The molecule has 3 aromatic rings. The Morgan fingerprint density at radius 2 is 1.96 bits per heavy atom. The van der Waals surface area contributed by atoms with Crippen molar-refractivity contribution in [1.82, 2.24) is 14.7 Å². The molecule has 2 aromatic heterocycles. The Balaban J connectivity index is 1.65. The summed E-state index contributed by atoms with van der Waals surface area (Å²) in [7, 11) is -3.10. The molecule has 0 atom stereocenters. The molecule has 1 amide bonds. The van der Waals surface area contributed by atoms with Gasteiger partial charge in [-0.2, -0.15) is 0 Å². The van der Waals surface area contributed by atoms with E-state index in [4.69, 9.17) is 0 Å². The van der Waals surface area contributed by atoms with Crippen LogP contribution in [0.15, 0.2) is 59.8 Å². The van der Waals surface area contributed by atoms with Gasteiger partial charge in [0.15, 0.2) is 9.84 Å². The van der Waals surface area contributed by atoms with E-state index in [0.717, 1.165) is 16.2 Å². The molecule has 3 rings (SSSR count). The van der Waals surface area contributed by atoms with E-state index in [1.807, 2.05) is 47.1 Å². The number of nitrogens with zero attached hydrogens (tertiary/aromatic N) is 2. The van der Waals surface area contributed by atoms with Gasteiger partial charge in [-0.25, -0.2) is 13.4 Å². The Bertz CT molecular complexity index is 1010. The number of imidazole rings is 1. The van der Waals surface area contributed by atoms with Crippen LogP contribution in [0.4, 0.5) is 0 Å². The fourth-order valence-electron chi connectivity index (χ4n) is 2.55. The van der Waals surface area contributed by atoms with Gasteiger partial charge < -0.3 is 9.72 Å². The van der Waals surface area contributed by atoms with Crippen LogP contribution in [0.1, 0.15) is 23.0 Å². The molecule has 0 aliphatic heterocycles. The molecule has 2 heterocycles. The minimum absolute atomic E-state index is 0.0498. The number of nitrogens with one attached hydrogen (secondary N) is 1. The van der Waals surface area contributed by atoms with Gasteiger partial charge in [0.2, 0.25) is 0 Å². The van der Waals surface area contributed by atoms with E-state index < -0.39 is 9.84 Å². The topological polar surface area (TPSA) is 80.5 Å². The van der Waals surface area contributed by atoms with E-state index >= 15 is 0 Å². The summed E-state index contributed by atoms with van der Waals surface area (Å²) in [6.07, 6.45) is 3.92. The van der Waals surface area contributed by atoms with Gasteiger partial charge in [-0.15, -0.1) is 11.8 Å². The predicted octanol–water partition coefficient (Wildman–Crippen LogP) is 2.79. The normalized spacial score (nSPS) is 11.6. The Hall–Kier alpha value is -2.32. The van der Waals surface area contributed by atoms with Gasteiger partial charge >= 0.3 is 0 Å². The second-order valence-corrected chi connectivity index (χ2v) is 9.47. The quantitative estimate of drug-likeness (QED) is 0.585. The molecule has 27 heavy (non-hydrogen) atoms. The molecule has 0 radical (unpaired) electrons. The monoisotopic (exact) mass is 403 g/mol. The standard InChI is InChI=1S/C19H21N3O3S2/c1-2-27(24,25)12-10-20-19(23)16-7-3-4-8-17(16)26-14-15-13-22-11-6-5-9-18(22)21-15/h3-9,11,13H,2,10,12,14H2,1H3,(H,20,23). The molecule has 0 unspecified atom stereocenters. The summed E-state index contributed by atoms with van der Waals surface area (Å²) in [6, 6.07) is 13.1. The first-order valence-electron chi connectivity index (χ1n) is 8.61. The Morgan fingerprint density at radius 1 is 1.19 bits per heavy atom. The molecular weight excluding hydrogens is 382 g/mol. The van der Waals surface area contributed by atoms with E-state index in [2.05, 4.69) is 10.3 Å². The van der Waals surface area contributed by atoms with Crippen molar-refractivity contribution in [2.75, 3.05) is 18.1 Å². The van der Waals surface area contributed by atoms with Crippen molar-refractivity contribution < 1.29 is 13.2 Å². The lowest BCUT2D eigenvalue weighted by Gasteiger charge is -2.09. The number of pyridine rings is 1. The molecule has 0 saturated carbocycles. The van der Waals surface area contributed by atoms with Crippen molar-refractivity contribution in [3.63, 3.8) is 0 Å². The van der Waals surface area contributed by atoms with Gasteiger partial charge in [0, 0.05) is 35.3 Å². The van der Waals surface area contributed by atoms with Gasteiger partial charge in [-0.1, -0.05) is 25.1 Å². The van der Waals surface area contributed by atoms with Crippen LogP contribution in [0.3, 0.4) is 0 Å². The number of hydrogen-bond donors (Lipinski definition) is 1. The lowest BCUT2D eigenvalue weighted by atomic mass is 10.2. The number of amides is 1. The van der Waals surface area contributed by atoms with Crippen LogP contribution < -0.4 is 5.32 Å². The number of sulfone groups is 1. The van der Waals surface area contributed by atoms with Gasteiger partial charge in [-0.05, 0) is 24.3 Å². The highest BCUT2D eigenvalue weighted by Gasteiger charge is 2.13. The molecule has 1 aromatic carbocycles. The second kappa shape index (κ2) is 8.58. The zero-order valence-electron chi connectivity index (χ0n) is 15.0. The zero-order chi connectivity index (χ0) is 19.3. The third kappa shape index (κ3) is 5.11. The summed E-state index contributed by atoms with van der Waals surface area (Å²) in [6.45, 7) is 1.71. The number of aromatic nitrogens is 2. The SMILES string of the molecule is CCS(=O)(=O)CCNC(=O)c1ccccc1SCc1cn2ccccc2n1. The highest BCUT2D eigenvalue weighted by atomic mass is 32.2. The second-order valence-electron chi connectivity index (χ2n) is 5.98. The van der Waals surface area contributed by atoms with E-state index in [1.165, 1.54) is 11.8 Å². The number of fused-ring (bicyclic) bond motifs is 1. The molecule has 0 aliphatic carbocycles.